The van der Waals surface area contributed by atoms with Crippen molar-refractivity contribution in [3.63, 3.8) is 0 Å². The maximum atomic E-state index is 12.7. The molecule has 2 aromatic heterocycles. The van der Waals surface area contributed by atoms with Gasteiger partial charge in [-0.25, -0.2) is 9.48 Å². The Hall–Kier alpha value is -3.20. The van der Waals surface area contributed by atoms with Gasteiger partial charge in [-0.05, 0) is 24.6 Å². The molecular weight excluding hydrogens is 334 g/mol. The molecule has 0 saturated carbocycles. The molecule has 0 aliphatic heterocycles. The van der Waals surface area contributed by atoms with Gasteiger partial charge in [-0.2, -0.15) is 0 Å². The Bertz CT molecular complexity index is 942. The number of urea groups is 1. The van der Waals surface area contributed by atoms with Crippen molar-refractivity contribution in [1.82, 2.24) is 24.5 Å². The van der Waals surface area contributed by atoms with Crippen LogP contribution in [0.4, 0.5) is 10.6 Å². The minimum absolute atomic E-state index is 0.00553. The SMILES string of the molecule is CN(C)C(=O)Nc1cn(CC(=O)n2cc(CCN)c3ccccc32)nn1. The minimum atomic E-state index is -0.314. The quantitative estimate of drug-likeness (QED) is 0.714. The van der Waals surface area contributed by atoms with Gasteiger partial charge in [0.2, 0.25) is 0 Å². The van der Waals surface area contributed by atoms with E-state index in [-0.39, 0.29) is 24.3 Å². The largest absolute Gasteiger partial charge is 0.331 e. The van der Waals surface area contributed by atoms with Crippen molar-refractivity contribution in [3.8, 4) is 0 Å². The second-order valence-corrected chi connectivity index (χ2v) is 6.10. The molecule has 26 heavy (non-hydrogen) atoms. The molecule has 9 heteroatoms. The van der Waals surface area contributed by atoms with E-state index in [4.69, 9.17) is 5.73 Å². The van der Waals surface area contributed by atoms with Crippen LogP contribution in [0.5, 0.6) is 0 Å². The zero-order valence-corrected chi connectivity index (χ0v) is 14.7. The highest BCUT2D eigenvalue weighted by molar-refractivity contribution is 5.94. The van der Waals surface area contributed by atoms with Crippen LogP contribution in [-0.2, 0) is 13.0 Å². The molecule has 3 aromatic rings. The van der Waals surface area contributed by atoms with Crippen LogP contribution in [0.25, 0.3) is 10.9 Å². The van der Waals surface area contributed by atoms with Crippen LogP contribution >= 0.6 is 0 Å². The molecule has 3 N–H and O–H groups in total. The van der Waals surface area contributed by atoms with Crippen LogP contribution in [0.2, 0.25) is 0 Å². The summed E-state index contributed by atoms with van der Waals surface area (Å²) in [7, 11) is 3.25. The fraction of sp³-hybridized carbons (Fsp3) is 0.294. The molecule has 1 aromatic carbocycles. The summed E-state index contributed by atoms with van der Waals surface area (Å²) >= 11 is 0. The Morgan fingerprint density at radius 2 is 2.00 bits per heavy atom. The standard InChI is InChI=1S/C17H21N7O2/c1-22(2)17(26)19-15-10-23(21-20-15)11-16(25)24-9-12(7-8-18)13-5-3-4-6-14(13)24/h3-6,9-10H,7-8,11,18H2,1-2H3,(H,19,26). The van der Waals surface area contributed by atoms with Crippen molar-refractivity contribution in [2.24, 2.45) is 5.73 Å². The lowest BCUT2D eigenvalue weighted by Gasteiger charge is -2.09. The first-order valence-corrected chi connectivity index (χ1v) is 8.20. The highest BCUT2D eigenvalue weighted by Gasteiger charge is 2.15. The van der Waals surface area contributed by atoms with E-state index in [9.17, 15) is 9.59 Å². The number of rotatable bonds is 5. The van der Waals surface area contributed by atoms with Gasteiger partial charge in [0, 0.05) is 25.7 Å². The van der Waals surface area contributed by atoms with Crippen molar-refractivity contribution in [3.05, 3.63) is 42.2 Å². The van der Waals surface area contributed by atoms with Crippen LogP contribution in [0, 0.1) is 0 Å². The summed E-state index contributed by atoms with van der Waals surface area (Å²) in [5, 5.41) is 11.4. The monoisotopic (exact) mass is 355 g/mol. The number of nitrogens with zero attached hydrogens (tertiary/aromatic N) is 5. The predicted octanol–water partition coefficient (Wildman–Crippen LogP) is 1.17. The van der Waals surface area contributed by atoms with Crippen molar-refractivity contribution in [2.75, 3.05) is 26.0 Å². The number of amides is 2. The highest BCUT2D eigenvalue weighted by Crippen LogP contribution is 2.21. The molecule has 3 rings (SSSR count). The second kappa shape index (κ2) is 7.36. The van der Waals surface area contributed by atoms with E-state index in [2.05, 4.69) is 15.6 Å². The van der Waals surface area contributed by atoms with E-state index in [1.807, 2.05) is 30.5 Å². The molecule has 9 nitrogen and oxygen atoms in total. The van der Waals surface area contributed by atoms with Crippen molar-refractivity contribution in [1.29, 1.82) is 0 Å². The number of nitrogens with two attached hydrogens (primary N) is 1. The first-order valence-electron chi connectivity index (χ1n) is 8.20. The Kier molecular flexibility index (Phi) is 4.99. The van der Waals surface area contributed by atoms with Crippen molar-refractivity contribution in [2.45, 2.75) is 13.0 Å². The van der Waals surface area contributed by atoms with E-state index in [0.717, 1.165) is 16.5 Å². The number of carbonyl (C=O) groups excluding carboxylic acids is 2. The van der Waals surface area contributed by atoms with Gasteiger partial charge in [-0.1, -0.05) is 23.4 Å². The normalized spacial score (nSPS) is 10.9. The number of carbonyl (C=O) groups is 2. The van der Waals surface area contributed by atoms with Gasteiger partial charge in [0.1, 0.15) is 6.54 Å². The number of aromatic nitrogens is 4. The van der Waals surface area contributed by atoms with Gasteiger partial charge in [0.15, 0.2) is 5.82 Å². The molecule has 136 valence electrons. The van der Waals surface area contributed by atoms with Crippen LogP contribution in [0.1, 0.15) is 10.4 Å². The summed E-state index contributed by atoms with van der Waals surface area (Å²) in [6.07, 6.45) is 4.04. The average molecular weight is 355 g/mol. The predicted molar refractivity (Wildman–Crippen MR) is 98.1 cm³/mol. The van der Waals surface area contributed by atoms with Gasteiger partial charge in [-0.15, -0.1) is 5.10 Å². The summed E-state index contributed by atoms with van der Waals surface area (Å²) < 4.78 is 3.01. The van der Waals surface area contributed by atoms with Crippen molar-refractivity contribution >= 4 is 28.7 Å². The zero-order valence-electron chi connectivity index (χ0n) is 14.7. The average Bonchev–Trinajstić information content (AvgIpc) is 3.20. The maximum absolute atomic E-state index is 12.7. The van der Waals surface area contributed by atoms with E-state index in [1.165, 1.54) is 15.8 Å². The van der Waals surface area contributed by atoms with Crippen LogP contribution < -0.4 is 11.1 Å². The molecule has 2 heterocycles. The Labute approximate surface area is 150 Å². The van der Waals surface area contributed by atoms with Crippen LogP contribution in [0.3, 0.4) is 0 Å². The Balaban J connectivity index is 1.80. The molecule has 0 aliphatic rings. The molecule has 0 radical (unpaired) electrons. The molecule has 0 saturated heterocycles. The Morgan fingerprint density at radius 1 is 1.23 bits per heavy atom. The molecule has 0 aliphatic carbocycles. The van der Waals surface area contributed by atoms with Gasteiger partial charge < -0.3 is 10.6 Å². The molecule has 0 spiro atoms. The van der Waals surface area contributed by atoms with Gasteiger partial charge in [-0.3, -0.25) is 14.7 Å². The summed E-state index contributed by atoms with van der Waals surface area (Å²) in [5.41, 5.74) is 7.54. The first kappa shape index (κ1) is 17.6. The lowest BCUT2D eigenvalue weighted by Crippen LogP contribution is -2.27. The molecular formula is C17H21N7O2. The third-order valence-corrected chi connectivity index (χ3v) is 3.95. The maximum Gasteiger partial charge on any atom is 0.322 e. The third-order valence-electron chi connectivity index (χ3n) is 3.95. The van der Waals surface area contributed by atoms with Gasteiger partial charge >= 0.3 is 6.03 Å². The number of benzene rings is 1. The summed E-state index contributed by atoms with van der Waals surface area (Å²) in [5.74, 6) is 0.137. The topological polar surface area (TPSA) is 111 Å². The number of hydrogen-bond acceptors (Lipinski definition) is 5. The molecule has 0 fully saturated rings. The van der Waals surface area contributed by atoms with Crippen LogP contribution in [0.15, 0.2) is 36.7 Å². The number of para-hydroxylation sites is 1. The second-order valence-electron chi connectivity index (χ2n) is 6.10. The highest BCUT2D eigenvalue weighted by atomic mass is 16.2. The van der Waals surface area contributed by atoms with Crippen LogP contribution in [-0.4, -0.2) is 57.0 Å². The minimum Gasteiger partial charge on any atom is -0.331 e. The van der Waals surface area contributed by atoms with E-state index >= 15 is 0 Å². The van der Waals surface area contributed by atoms with E-state index in [0.29, 0.717) is 13.0 Å². The fourth-order valence-corrected chi connectivity index (χ4v) is 2.68. The fourth-order valence-electron chi connectivity index (χ4n) is 2.68. The molecule has 0 unspecified atom stereocenters. The van der Waals surface area contributed by atoms with E-state index < -0.39 is 0 Å². The van der Waals surface area contributed by atoms with Gasteiger partial charge in [0.25, 0.3) is 5.91 Å². The number of fused-ring (bicyclic) bond motifs is 1. The zero-order chi connectivity index (χ0) is 18.7. The molecule has 2 amide bonds. The van der Waals surface area contributed by atoms with Crippen molar-refractivity contribution < 1.29 is 9.59 Å². The first-order chi connectivity index (χ1) is 12.5. The number of nitrogens with one attached hydrogen (secondary N) is 1. The van der Waals surface area contributed by atoms with Gasteiger partial charge in [0.05, 0.1) is 11.7 Å². The number of anilines is 1. The molecule has 0 bridgehead atoms. The Morgan fingerprint density at radius 3 is 2.73 bits per heavy atom. The number of hydrogen-bond donors (Lipinski definition) is 2. The summed E-state index contributed by atoms with van der Waals surface area (Å²) in [6.45, 7) is 0.520. The lowest BCUT2D eigenvalue weighted by atomic mass is 10.1. The molecule has 0 atom stereocenters. The lowest BCUT2D eigenvalue weighted by molar-refractivity contribution is 0.0891. The smallest absolute Gasteiger partial charge is 0.322 e. The van der Waals surface area contributed by atoms with E-state index in [1.54, 1.807) is 18.7 Å². The third kappa shape index (κ3) is 3.57. The summed E-state index contributed by atoms with van der Waals surface area (Å²) in [4.78, 5) is 25.7. The summed E-state index contributed by atoms with van der Waals surface area (Å²) in [6, 6.07) is 7.40.